The molecule has 1 amide bonds. The molecule has 1 spiro atoms. The van der Waals surface area contributed by atoms with Gasteiger partial charge < -0.3 is 19.1 Å². The standard InChI is InChI=1S/C21H21NO5/c1-25-15-5-3-4-14(10-15)20(24)22-9-8-21(13-22)12-18(23)17-11-16(26-2)6-7-19(17)27-21/h3-7,10-11H,8-9,12-13H2,1-2H3. The van der Waals surface area contributed by atoms with Gasteiger partial charge in [-0.1, -0.05) is 6.07 Å². The van der Waals surface area contributed by atoms with Crippen molar-refractivity contribution >= 4 is 11.7 Å². The van der Waals surface area contributed by atoms with Crippen molar-refractivity contribution in [1.82, 2.24) is 4.90 Å². The number of carbonyl (C=O) groups excluding carboxylic acids is 2. The van der Waals surface area contributed by atoms with Crippen LogP contribution in [-0.4, -0.2) is 49.5 Å². The second kappa shape index (κ2) is 6.61. The molecule has 1 atom stereocenters. The van der Waals surface area contributed by atoms with Crippen LogP contribution in [0.25, 0.3) is 0 Å². The number of methoxy groups -OCH3 is 2. The Morgan fingerprint density at radius 3 is 2.67 bits per heavy atom. The van der Waals surface area contributed by atoms with Crippen LogP contribution in [0.5, 0.6) is 17.2 Å². The summed E-state index contributed by atoms with van der Waals surface area (Å²) >= 11 is 0. The second-order valence-electron chi connectivity index (χ2n) is 6.96. The molecule has 2 aliphatic rings. The number of hydrogen-bond donors (Lipinski definition) is 0. The van der Waals surface area contributed by atoms with E-state index >= 15 is 0 Å². The van der Waals surface area contributed by atoms with E-state index in [9.17, 15) is 9.59 Å². The summed E-state index contributed by atoms with van der Waals surface area (Å²) in [5.41, 5.74) is 0.448. The van der Waals surface area contributed by atoms with Gasteiger partial charge in [-0.3, -0.25) is 9.59 Å². The lowest BCUT2D eigenvalue weighted by Crippen LogP contribution is -2.45. The maximum atomic E-state index is 12.9. The van der Waals surface area contributed by atoms with Crippen molar-refractivity contribution in [2.75, 3.05) is 27.3 Å². The van der Waals surface area contributed by atoms with Gasteiger partial charge in [-0.2, -0.15) is 0 Å². The highest BCUT2D eigenvalue weighted by molar-refractivity contribution is 6.01. The molecule has 6 nitrogen and oxygen atoms in total. The highest BCUT2D eigenvalue weighted by atomic mass is 16.5. The van der Waals surface area contributed by atoms with E-state index in [0.717, 1.165) is 0 Å². The number of ether oxygens (including phenoxy) is 3. The third-order valence-corrected chi connectivity index (χ3v) is 5.22. The molecule has 4 rings (SSSR count). The minimum Gasteiger partial charge on any atom is -0.497 e. The number of hydrogen-bond acceptors (Lipinski definition) is 5. The molecule has 6 heteroatoms. The summed E-state index contributed by atoms with van der Waals surface area (Å²) in [6, 6.07) is 12.3. The number of fused-ring (bicyclic) bond motifs is 1. The summed E-state index contributed by atoms with van der Waals surface area (Å²) in [7, 11) is 3.14. The molecule has 1 saturated heterocycles. The van der Waals surface area contributed by atoms with Crippen LogP contribution in [0.3, 0.4) is 0 Å². The lowest BCUT2D eigenvalue weighted by Gasteiger charge is -2.34. The van der Waals surface area contributed by atoms with Crippen molar-refractivity contribution in [2.45, 2.75) is 18.4 Å². The summed E-state index contributed by atoms with van der Waals surface area (Å²) in [5.74, 6) is 1.76. The van der Waals surface area contributed by atoms with Crippen LogP contribution < -0.4 is 14.2 Å². The molecule has 0 aliphatic carbocycles. The number of amides is 1. The van der Waals surface area contributed by atoms with E-state index in [1.165, 1.54) is 0 Å². The SMILES string of the molecule is COc1cccc(C(=O)N2CCC3(CC(=O)c4cc(OC)ccc4O3)C2)c1. The Morgan fingerprint density at radius 2 is 1.89 bits per heavy atom. The number of benzene rings is 2. The van der Waals surface area contributed by atoms with Gasteiger partial charge >= 0.3 is 0 Å². The summed E-state index contributed by atoms with van der Waals surface area (Å²) in [4.78, 5) is 27.3. The van der Waals surface area contributed by atoms with Crippen LogP contribution in [-0.2, 0) is 0 Å². The number of nitrogens with zero attached hydrogens (tertiary/aromatic N) is 1. The lowest BCUT2D eigenvalue weighted by atomic mass is 9.89. The molecule has 0 saturated carbocycles. The van der Waals surface area contributed by atoms with Crippen LogP contribution in [0.1, 0.15) is 33.6 Å². The molecule has 2 aromatic carbocycles. The van der Waals surface area contributed by atoms with E-state index in [1.54, 1.807) is 61.6 Å². The fourth-order valence-electron chi connectivity index (χ4n) is 3.78. The van der Waals surface area contributed by atoms with E-state index in [0.29, 0.717) is 47.9 Å². The van der Waals surface area contributed by atoms with Crippen LogP contribution in [0.2, 0.25) is 0 Å². The third kappa shape index (κ3) is 3.12. The first-order chi connectivity index (χ1) is 13.0. The number of ketones is 1. The van der Waals surface area contributed by atoms with Crippen LogP contribution >= 0.6 is 0 Å². The summed E-state index contributed by atoms with van der Waals surface area (Å²) in [6.07, 6.45) is 0.884. The monoisotopic (exact) mass is 367 g/mol. The van der Waals surface area contributed by atoms with Gasteiger partial charge in [0.2, 0.25) is 0 Å². The van der Waals surface area contributed by atoms with E-state index in [-0.39, 0.29) is 18.1 Å². The number of carbonyl (C=O) groups is 2. The van der Waals surface area contributed by atoms with Crippen molar-refractivity contribution in [1.29, 1.82) is 0 Å². The third-order valence-electron chi connectivity index (χ3n) is 5.22. The van der Waals surface area contributed by atoms with Gasteiger partial charge in [0, 0.05) is 18.5 Å². The van der Waals surface area contributed by atoms with Gasteiger partial charge in [0.25, 0.3) is 5.91 Å². The largest absolute Gasteiger partial charge is 0.497 e. The van der Waals surface area contributed by atoms with Crippen molar-refractivity contribution in [3.8, 4) is 17.2 Å². The van der Waals surface area contributed by atoms with E-state index < -0.39 is 5.60 Å². The fraction of sp³-hybridized carbons (Fsp3) is 0.333. The van der Waals surface area contributed by atoms with E-state index in [4.69, 9.17) is 14.2 Å². The average Bonchev–Trinajstić information content (AvgIpc) is 3.10. The molecule has 0 bridgehead atoms. The Balaban J connectivity index is 1.55. The highest BCUT2D eigenvalue weighted by Crippen LogP contribution is 2.40. The molecular formula is C21H21NO5. The molecule has 2 aliphatic heterocycles. The minimum atomic E-state index is -0.660. The second-order valence-corrected chi connectivity index (χ2v) is 6.96. The van der Waals surface area contributed by atoms with Gasteiger partial charge in [0.05, 0.1) is 32.7 Å². The average molecular weight is 367 g/mol. The van der Waals surface area contributed by atoms with Crippen LogP contribution in [0, 0.1) is 0 Å². The highest BCUT2D eigenvalue weighted by Gasteiger charge is 2.47. The molecule has 2 heterocycles. The first kappa shape index (κ1) is 17.4. The van der Waals surface area contributed by atoms with Gasteiger partial charge in [-0.15, -0.1) is 0 Å². The smallest absolute Gasteiger partial charge is 0.254 e. The first-order valence-electron chi connectivity index (χ1n) is 8.87. The first-order valence-corrected chi connectivity index (χ1v) is 8.87. The van der Waals surface area contributed by atoms with Crippen LogP contribution in [0.4, 0.5) is 0 Å². The molecular weight excluding hydrogens is 346 g/mol. The van der Waals surface area contributed by atoms with Crippen molar-refractivity contribution in [2.24, 2.45) is 0 Å². The van der Waals surface area contributed by atoms with Gasteiger partial charge in [-0.25, -0.2) is 0 Å². The Bertz CT molecular complexity index is 909. The molecule has 1 fully saturated rings. The van der Waals surface area contributed by atoms with E-state index in [1.807, 2.05) is 0 Å². The van der Waals surface area contributed by atoms with Gasteiger partial charge in [0.1, 0.15) is 22.8 Å². The maximum absolute atomic E-state index is 12.9. The Hall–Kier alpha value is -3.02. The number of Topliss-reactive ketones (excluding diaryl/α,β-unsaturated/α-hetero) is 1. The molecule has 0 aromatic heterocycles. The normalized spacial score (nSPS) is 21.0. The van der Waals surface area contributed by atoms with Crippen molar-refractivity contribution < 1.29 is 23.8 Å². The molecule has 2 aromatic rings. The number of likely N-dealkylation sites (tertiary alicyclic amines) is 1. The Kier molecular flexibility index (Phi) is 4.26. The molecule has 27 heavy (non-hydrogen) atoms. The lowest BCUT2D eigenvalue weighted by molar-refractivity contribution is 0.0427. The predicted molar refractivity (Wildman–Crippen MR) is 98.8 cm³/mol. The molecule has 140 valence electrons. The quantitative estimate of drug-likeness (QED) is 0.835. The number of rotatable bonds is 3. The van der Waals surface area contributed by atoms with Crippen LogP contribution in [0.15, 0.2) is 42.5 Å². The topological polar surface area (TPSA) is 65.1 Å². The fourth-order valence-corrected chi connectivity index (χ4v) is 3.78. The van der Waals surface area contributed by atoms with Gasteiger partial charge in [0.15, 0.2) is 5.78 Å². The van der Waals surface area contributed by atoms with Crippen molar-refractivity contribution in [3.05, 3.63) is 53.6 Å². The zero-order valence-electron chi connectivity index (χ0n) is 15.4. The maximum Gasteiger partial charge on any atom is 0.254 e. The van der Waals surface area contributed by atoms with E-state index in [2.05, 4.69) is 0 Å². The van der Waals surface area contributed by atoms with Crippen molar-refractivity contribution in [3.63, 3.8) is 0 Å². The summed E-state index contributed by atoms with van der Waals surface area (Å²) < 4.78 is 16.6. The molecule has 0 N–H and O–H groups in total. The summed E-state index contributed by atoms with van der Waals surface area (Å²) in [6.45, 7) is 0.940. The zero-order chi connectivity index (χ0) is 19.0. The Labute approximate surface area is 157 Å². The molecule has 0 radical (unpaired) electrons. The van der Waals surface area contributed by atoms with Gasteiger partial charge in [-0.05, 0) is 36.4 Å². The predicted octanol–water partition coefficient (Wildman–Crippen LogP) is 2.95. The minimum absolute atomic E-state index is 0.0193. The Morgan fingerprint density at radius 1 is 1.11 bits per heavy atom. The molecule has 1 unspecified atom stereocenters. The zero-order valence-corrected chi connectivity index (χ0v) is 15.4. The summed E-state index contributed by atoms with van der Waals surface area (Å²) in [5, 5.41) is 0.